The second kappa shape index (κ2) is 4.35. The van der Waals surface area contributed by atoms with Crippen LogP contribution in [0, 0.1) is 11.8 Å². The average Bonchev–Trinajstić information content (AvgIpc) is 2.83. The van der Waals surface area contributed by atoms with Crippen molar-refractivity contribution in [3.8, 4) is 0 Å². The Morgan fingerprint density at radius 3 is 2.80 bits per heavy atom. The Hall–Kier alpha value is -1.50. The standard InChI is InChI=1S/C11H12N2O2/c14-6-12-4-10-8-1-2-9(3-8)11(10)5-13-7-15/h8,10H,1-5H2. The van der Waals surface area contributed by atoms with Gasteiger partial charge >= 0.3 is 0 Å². The third kappa shape index (κ3) is 1.82. The predicted octanol–water partition coefficient (Wildman–Crippen LogP) is 1.38. The van der Waals surface area contributed by atoms with E-state index in [0.29, 0.717) is 24.9 Å². The minimum absolute atomic E-state index is 0.312. The Morgan fingerprint density at radius 1 is 1.27 bits per heavy atom. The third-order valence-electron chi connectivity index (χ3n) is 3.46. The lowest BCUT2D eigenvalue weighted by Crippen LogP contribution is -2.17. The van der Waals surface area contributed by atoms with E-state index in [1.807, 2.05) is 0 Å². The van der Waals surface area contributed by atoms with Crippen LogP contribution in [0.2, 0.25) is 0 Å². The van der Waals surface area contributed by atoms with E-state index in [1.165, 1.54) is 17.6 Å². The molecule has 1 fully saturated rings. The zero-order valence-electron chi connectivity index (χ0n) is 8.40. The zero-order valence-corrected chi connectivity index (χ0v) is 8.40. The van der Waals surface area contributed by atoms with E-state index >= 15 is 0 Å². The zero-order chi connectivity index (χ0) is 10.7. The van der Waals surface area contributed by atoms with Crippen LogP contribution in [0.15, 0.2) is 21.1 Å². The summed E-state index contributed by atoms with van der Waals surface area (Å²) in [5.41, 5.74) is 2.64. The number of nitrogens with zero attached hydrogens (tertiary/aromatic N) is 2. The minimum Gasteiger partial charge on any atom is -0.211 e. The fourth-order valence-electron chi connectivity index (χ4n) is 2.80. The molecule has 78 valence electrons. The summed E-state index contributed by atoms with van der Waals surface area (Å²) in [6.45, 7) is 0.940. The fourth-order valence-corrected chi connectivity index (χ4v) is 2.80. The summed E-state index contributed by atoms with van der Waals surface area (Å²) in [6.07, 6.45) is 6.54. The highest BCUT2D eigenvalue weighted by Crippen LogP contribution is 2.48. The maximum Gasteiger partial charge on any atom is 0.235 e. The minimum atomic E-state index is 0.312. The van der Waals surface area contributed by atoms with Crippen LogP contribution in [0.4, 0.5) is 0 Å². The van der Waals surface area contributed by atoms with Gasteiger partial charge in [0, 0.05) is 5.92 Å². The molecule has 0 aliphatic heterocycles. The van der Waals surface area contributed by atoms with Gasteiger partial charge in [0.1, 0.15) is 0 Å². The topological polar surface area (TPSA) is 58.9 Å². The molecule has 2 unspecified atom stereocenters. The molecule has 0 aromatic rings. The molecule has 2 aliphatic rings. The van der Waals surface area contributed by atoms with Gasteiger partial charge in [0.2, 0.25) is 12.2 Å². The van der Waals surface area contributed by atoms with Crippen LogP contribution in [0.1, 0.15) is 19.3 Å². The molecular formula is C11H12N2O2. The first-order valence-electron chi connectivity index (χ1n) is 5.15. The molecule has 2 bridgehead atoms. The highest BCUT2D eigenvalue weighted by atomic mass is 16.1. The van der Waals surface area contributed by atoms with E-state index in [1.54, 1.807) is 12.2 Å². The molecule has 0 aromatic heterocycles. The normalized spacial score (nSPS) is 27.5. The quantitative estimate of drug-likeness (QED) is 0.394. The second-order valence-corrected chi connectivity index (χ2v) is 4.08. The number of hydrogen-bond donors (Lipinski definition) is 0. The molecule has 0 spiro atoms. The van der Waals surface area contributed by atoms with Crippen molar-refractivity contribution in [2.75, 3.05) is 13.1 Å². The summed E-state index contributed by atoms with van der Waals surface area (Å²) in [6, 6.07) is 0. The van der Waals surface area contributed by atoms with Crippen molar-refractivity contribution < 1.29 is 9.59 Å². The lowest BCUT2D eigenvalue weighted by atomic mass is 9.86. The van der Waals surface area contributed by atoms with Crippen LogP contribution in [0.3, 0.4) is 0 Å². The van der Waals surface area contributed by atoms with Crippen LogP contribution in [0.25, 0.3) is 0 Å². The highest BCUT2D eigenvalue weighted by Gasteiger charge is 2.38. The van der Waals surface area contributed by atoms with E-state index in [9.17, 15) is 9.59 Å². The molecular weight excluding hydrogens is 192 g/mol. The van der Waals surface area contributed by atoms with E-state index < -0.39 is 0 Å². The maximum atomic E-state index is 10.1. The fraction of sp³-hybridized carbons (Fsp3) is 0.636. The van der Waals surface area contributed by atoms with E-state index in [2.05, 4.69) is 9.98 Å². The molecule has 2 atom stereocenters. The molecule has 1 saturated carbocycles. The molecule has 0 saturated heterocycles. The van der Waals surface area contributed by atoms with Gasteiger partial charge in [-0.15, -0.1) is 0 Å². The van der Waals surface area contributed by atoms with Crippen molar-refractivity contribution in [1.82, 2.24) is 0 Å². The Bertz CT molecular complexity index is 387. The molecule has 2 rings (SSSR count). The van der Waals surface area contributed by atoms with Crippen LogP contribution in [-0.2, 0) is 9.59 Å². The van der Waals surface area contributed by atoms with Gasteiger partial charge in [0.15, 0.2) is 0 Å². The number of isocyanates is 2. The lowest BCUT2D eigenvalue weighted by Gasteiger charge is -2.20. The first-order chi connectivity index (χ1) is 7.36. The summed E-state index contributed by atoms with van der Waals surface area (Å²) < 4.78 is 0. The molecule has 0 amide bonds. The van der Waals surface area contributed by atoms with Crippen molar-refractivity contribution in [2.45, 2.75) is 19.3 Å². The Balaban J connectivity index is 2.15. The first-order valence-corrected chi connectivity index (χ1v) is 5.15. The van der Waals surface area contributed by atoms with Gasteiger partial charge in [0.25, 0.3) is 0 Å². The number of carbonyl (C=O) groups excluding carboxylic acids is 2. The number of aliphatic imine (C=N–C) groups is 2. The Morgan fingerprint density at radius 2 is 2.07 bits per heavy atom. The number of allylic oxidation sites excluding steroid dienone is 1. The van der Waals surface area contributed by atoms with Crippen molar-refractivity contribution in [3.63, 3.8) is 0 Å². The largest absolute Gasteiger partial charge is 0.235 e. The summed E-state index contributed by atoms with van der Waals surface area (Å²) in [5, 5.41) is 0. The predicted molar refractivity (Wildman–Crippen MR) is 53.8 cm³/mol. The van der Waals surface area contributed by atoms with Crippen molar-refractivity contribution in [3.05, 3.63) is 11.1 Å². The van der Waals surface area contributed by atoms with E-state index in [-0.39, 0.29) is 0 Å². The van der Waals surface area contributed by atoms with Crippen LogP contribution >= 0.6 is 0 Å². The van der Waals surface area contributed by atoms with Crippen molar-refractivity contribution >= 4 is 12.2 Å². The molecule has 4 nitrogen and oxygen atoms in total. The lowest BCUT2D eigenvalue weighted by molar-refractivity contribution is 0.409. The van der Waals surface area contributed by atoms with Crippen LogP contribution < -0.4 is 0 Å². The maximum absolute atomic E-state index is 10.1. The van der Waals surface area contributed by atoms with E-state index in [4.69, 9.17) is 0 Å². The van der Waals surface area contributed by atoms with E-state index in [0.717, 1.165) is 12.8 Å². The molecule has 4 heteroatoms. The molecule has 2 aliphatic carbocycles. The van der Waals surface area contributed by atoms with Crippen LogP contribution in [-0.4, -0.2) is 25.2 Å². The van der Waals surface area contributed by atoms with Crippen molar-refractivity contribution in [2.24, 2.45) is 21.8 Å². The second-order valence-electron chi connectivity index (χ2n) is 4.08. The molecule has 15 heavy (non-hydrogen) atoms. The van der Waals surface area contributed by atoms with Gasteiger partial charge < -0.3 is 0 Å². The van der Waals surface area contributed by atoms with Gasteiger partial charge in [-0.05, 0) is 30.8 Å². The highest BCUT2D eigenvalue weighted by molar-refractivity contribution is 5.38. The SMILES string of the molecule is O=C=NCC1=C2CCC(C2)C1CN=C=O. The monoisotopic (exact) mass is 204 g/mol. The van der Waals surface area contributed by atoms with Crippen LogP contribution in [0.5, 0.6) is 0 Å². The molecule has 0 radical (unpaired) electrons. The summed E-state index contributed by atoms with van der Waals surface area (Å²) in [5.74, 6) is 0.918. The molecule has 0 N–H and O–H groups in total. The molecule has 0 heterocycles. The summed E-state index contributed by atoms with van der Waals surface area (Å²) in [4.78, 5) is 27.5. The first kappa shape index (κ1) is 10.0. The number of rotatable bonds is 4. The Labute approximate surface area is 87.8 Å². The smallest absolute Gasteiger partial charge is 0.211 e. The van der Waals surface area contributed by atoms with Crippen molar-refractivity contribution in [1.29, 1.82) is 0 Å². The summed E-state index contributed by atoms with van der Waals surface area (Å²) in [7, 11) is 0. The van der Waals surface area contributed by atoms with Gasteiger partial charge in [-0.1, -0.05) is 5.57 Å². The molecule has 0 aromatic carbocycles. The average molecular weight is 204 g/mol. The van der Waals surface area contributed by atoms with Gasteiger partial charge in [-0.25, -0.2) is 19.6 Å². The third-order valence-corrected chi connectivity index (χ3v) is 3.46. The Kier molecular flexibility index (Phi) is 2.91. The number of fused-ring (bicyclic) bond motifs is 2. The number of hydrogen-bond acceptors (Lipinski definition) is 4. The van der Waals surface area contributed by atoms with Gasteiger partial charge in [-0.2, -0.15) is 0 Å². The van der Waals surface area contributed by atoms with Gasteiger partial charge in [-0.3, -0.25) is 0 Å². The van der Waals surface area contributed by atoms with Gasteiger partial charge in [0.05, 0.1) is 13.1 Å². The summed E-state index contributed by atoms with van der Waals surface area (Å²) >= 11 is 0.